The maximum atomic E-state index is 13.0. The van der Waals surface area contributed by atoms with Gasteiger partial charge in [0.15, 0.2) is 22.4 Å². The van der Waals surface area contributed by atoms with E-state index >= 15 is 0 Å². The minimum atomic E-state index is -1.11. The number of methoxy groups -OCH3 is 1. The van der Waals surface area contributed by atoms with Crippen LogP contribution >= 0.6 is 24.0 Å². The van der Waals surface area contributed by atoms with Crippen molar-refractivity contribution < 1.29 is 24.2 Å². The van der Waals surface area contributed by atoms with Gasteiger partial charge < -0.3 is 14.6 Å². The average molecular weight is 430 g/mol. The van der Waals surface area contributed by atoms with Gasteiger partial charge in [-0.3, -0.25) is 9.69 Å². The van der Waals surface area contributed by atoms with E-state index in [0.29, 0.717) is 26.2 Å². The molecule has 1 aliphatic heterocycles. The summed E-state index contributed by atoms with van der Waals surface area (Å²) in [7, 11) is 1.46. The van der Waals surface area contributed by atoms with Crippen LogP contribution in [0.4, 0.5) is 5.69 Å². The minimum absolute atomic E-state index is 0.241. The maximum absolute atomic E-state index is 13.0. The third kappa shape index (κ3) is 4.44. The highest BCUT2D eigenvalue weighted by Gasteiger charge is 2.33. The fourth-order valence-electron chi connectivity index (χ4n) is 2.79. The average Bonchev–Trinajstić information content (AvgIpc) is 2.96. The Kier molecular flexibility index (Phi) is 6.24. The van der Waals surface area contributed by atoms with E-state index in [9.17, 15) is 9.59 Å². The molecule has 1 N–H and O–H groups in total. The third-order valence-corrected chi connectivity index (χ3v) is 5.70. The lowest BCUT2D eigenvalue weighted by molar-refractivity contribution is -0.139. The van der Waals surface area contributed by atoms with Crippen LogP contribution in [-0.2, 0) is 9.59 Å². The van der Waals surface area contributed by atoms with Crippen molar-refractivity contribution in [3.63, 3.8) is 0 Å². The molecule has 0 radical (unpaired) electrons. The fourth-order valence-corrected chi connectivity index (χ4v) is 4.08. The van der Waals surface area contributed by atoms with Crippen molar-refractivity contribution in [1.29, 1.82) is 0 Å². The number of carboxylic acids is 1. The number of aryl methyl sites for hydroxylation is 2. The van der Waals surface area contributed by atoms with Crippen LogP contribution in [0.3, 0.4) is 0 Å². The van der Waals surface area contributed by atoms with Crippen LogP contribution in [0.15, 0.2) is 41.3 Å². The van der Waals surface area contributed by atoms with Crippen LogP contribution in [0.5, 0.6) is 11.5 Å². The highest BCUT2D eigenvalue weighted by Crippen LogP contribution is 2.39. The second-order valence-corrected chi connectivity index (χ2v) is 8.02. The highest BCUT2D eigenvalue weighted by atomic mass is 32.2. The first-order valence-electron chi connectivity index (χ1n) is 8.68. The molecule has 0 saturated carbocycles. The molecule has 1 heterocycles. The molecule has 29 heavy (non-hydrogen) atoms. The van der Waals surface area contributed by atoms with Gasteiger partial charge in [-0.25, -0.2) is 4.79 Å². The molecular weight excluding hydrogens is 410 g/mol. The summed E-state index contributed by atoms with van der Waals surface area (Å²) in [4.78, 5) is 25.9. The lowest BCUT2D eigenvalue weighted by Crippen LogP contribution is -2.27. The Morgan fingerprint density at radius 3 is 2.66 bits per heavy atom. The molecule has 1 amide bonds. The number of hydrogen-bond donors (Lipinski definition) is 1. The quantitative estimate of drug-likeness (QED) is 0.545. The third-order valence-electron chi connectivity index (χ3n) is 4.40. The Bertz CT molecular complexity index is 1030. The summed E-state index contributed by atoms with van der Waals surface area (Å²) < 4.78 is 11.1. The Morgan fingerprint density at radius 2 is 2.00 bits per heavy atom. The van der Waals surface area contributed by atoms with Gasteiger partial charge in [0, 0.05) is 5.56 Å². The van der Waals surface area contributed by atoms with Gasteiger partial charge >= 0.3 is 5.97 Å². The van der Waals surface area contributed by atoms with Gasteiger partial charge in [-0.05, 0) is 49.2 Å². The number of nitrogens with zero attached hydrogens (tertiary/aromatic N) is 1. The van der Waals surface area contributed by atoms with Crippen LogP contribution < -0.4 is 14.4 Å². The molecule has 0 aliphatic carbocycles. The van der Waals surface area contributed by atoms with Crippen LogP contribution in [0, 0.1) is 13.8 Å². The largest absolute Gasteiger partial charge is 0.493 e. The highest BCUT2D eigenvalue weighted by molar-refractivity contribution is 8.27. The van der Waals surface area contributed by atoms with Crippen LogP contribution in [0.1, 0.15) is 16.7 Å². The number of anilines is 1. The molecule has 2 aromatic rings. The van der Waals surface area contributed by atoms with E-state index in [1.165, 1.54) is 23.8 Å². The number of carbonyl (C=O) groups excluding carboxylic acids is 1. The zero-order chi connectivity index (χ0) is 21.1. The normalized spacial score (nSPS) is 15.1. The molecule has 2 aromatic carbocycles. The number of thiocarbonyl (C=S) groups is 1. The van der Waals surface area contributed by atoms with Gasteiger partial charge in [-0.15, -0.1) is 0 Å². The molecule has 0 bridgehead atoms. The second-order valence-electron chi connectivity index (χ2n) is 6.35. The predicted octanol–water partition coefficient (Wildman–Crippen LogP) is 4.18. The van der Waals surface area contributed by atoms with Crippen molar-refractivity contribution >= 4 is 51.9 Å². The van der Waals surface area contributed by atoms with Gasteiger partial charge in [-0.2, -0.15) is 0 Å². The molecule has 1 saturated heterocycles. The summed E-state index contributed by atoms with van der Waals surface area (Å²) >= 11 is 6.61. The van der Waals surface area contributed by atoms with Gasteiger partial charge in [0.05, 0.1) is 17.7 Å². The molecule has 1 fully saturated rings. The van der Waals surface area contributed by atoms with Gasteiger partial charge in [0.25, 0.3) is 5.91 Å². The van der Waals surface area contributed by atoms with Crippen LogP contribution in [0.25, 0.3) is 6.08 Å². The molecular formula is C21H19NO5S2. The van der Waals surface area contributed by atoms with E-state index in [1.807, 2.05) is 32.0 Å². The SMILES string of the molecule is COc1cccc(/C=C2/SC(=S)N(c3ccc(C)c(C)c3)C2=O)c1OCC(=O)O. The summed E-state index contributed by atoms with van der Waals surface area (Å²) in [6.45, 7) is 3.46. The number of carboxylic acid groups (broad SMARTS) is 1. The fraction of sp³-hybridized carbons (Fsp3) is 0.190. The van der Waals surface area contributed by atoms with Crippen molar-refractivity contribution in [2.75, 3.05) is 18.6 Å². The Labute approximate surface area is 178 Å². The van der Waals surface area contributed by atoms with E-state index in [4.69, 9.17) is 26.8 Å². The van der Waals surface area contributed by atoms with Crippen molar-refractivity contribution in [2.24, 2.45) is 0 Å². The molecule has 0 aromatic heterocycles. The van der Waals surface area contributed by atoms with Gasteiger partial charge in [-0.1, -0.05) is 42.2 Å². The lowest BCUT2D eigenvalue weighted by atomic mass is 10.1. The van der Waals surface area contributed by atoms with E-state index in [0.717, 1.165) is 11.1 Å². The summed E-state index contributed by atoms with van der Waals surface area (Å²) in [6, 6.07) is 10.9. The number of ether oxygens (including phenoxy) is 2. The van der Waals surface area contributed by atoms with Crippen molar-refractivity contribution in [1.82, 2.24) is 0 Å². The standard InChI is InChI=1S/C21H19NO5S2/c1-12-7-8-15(9-13(12)2)22-20(25)17(29-21(22)28)10-14-5-4-6-16(26-3)19(14)27-11-18(23)24/h4-10H,11H2,1-3H3,(H,23,24)/b17-10+. The van der Waals surface area contributed by atoms with Gasteiger partial charge in [0.1, 0.15) is 0 Å². The molecule has 0 unspecified atom stereocenters. The number of thioether (sulfide) groups is 1. The summed E-state index contributed by atoms with van der Waals surface area (Å²) in [5.74, 6) is -0.711. The van der Waals surface area contributed by atoms with Crippen LogP contribution in [-0.4, -0.2) is 35.0 Å². The zero-order valence-electron chi connectivity index (χ0n) is 16.1. The van der Waals surface area contributed by atoms with E-state index < -0.39 is 12.6 Å². The van der Waals surface area contributed by atoms with Crippen LogP contribution in [0.2, 0.25) is 0 Å². The number of para-hydroxylation sites is 1. The first-order chi connectivity index (χ1) is 13.8. The van der Waals surface area contributed by atoms with E-state index in [1.54, 1.807) is 24.3 Å². The number of amides is 1. The lowest BCUT2D eigenvalue weighted by Gasteiger charge is -2.16. The topological polar surface area (TPSA) is 76.1 Å². The monoisotopic (exact) mass is 429 g/mol. The molecule has 8 heteroatoms. The van der Waals surface area contributed by atoms with Crippen molar-refractivity contribution in [2.45, 2.75) is 13.8 Å². The Balaban J connectivity index is 1.97. The van der Waals surface area contributed by atoms with Crippen molar-refractivity contribution in [3.8, 4) is 11.5 Å². The second kappa shape index (κ2) is 8.67. The molecule has 1 aliphatic rings. The number of carbonyl (C=O) groups is 2. The zero-order valence-corrected chi connectivity index (χ0v) is 17.7. The first kappa shape index (κ1) is 20.9. The van der Waals surface area contributed by atoms with Gasteiger partial charge in [0.2, 0.25) is 0 Å². The summed E-state index contributed by atoms with van der Waals surface area (Å²) in [5, 5.41) is 8.93. The summed E-state index contributed by atoms with van der Waals surface area (Å²) in [6.07, 6.45) is 1.64. The molecule has 0 spiro atoms. The number of benzene rings is 2. The number of rotatable bonds is 6. The smallest absolute Gasteiger partial charge is 0.341 e. The summed E-state index contributed by atoms with van der Waals surface area (Å²) in [5.41, 5.74) is 3.45. The minimum Gasteiger partial charge on any atom is -0.493 e. The van der Waals surface area contributed by atoms with E-state index in [-0.39, 0.29) is 11.7 Å². The van der Waals surface area contributed by atoms with Crippen molar-refractivity contribution in [3.05, 3.63) is 58.0 Å². The first-order valence-corrected chi connectivity index (χ1v) is 9.91. The van der Waals surface area contributed by atoms with E-state index in [2.05, 4.69) is 0 Å². The number of aliphatic carboxylic acids is 1. The molecule has 0 atom stereocenters. The Morgan fingerprint density at radius 1 is 1.24 bits per heavy atom. The molecule has 150 valence electrons. The molecule has 6 nitrogen and oxygen atoms in total. The number of hydrogen-bond acceptors (Lipinski definition) is 6. The predicted molar refractivity (Wildman–Crippen MR) is 118 cm³/mol. The maximum Gasteiger partial charge on any atom is 0.341 e. The molecule has 3 rings (SSSR count). The Hall–Kier alpha value is -2.84.